The lowest BCUT2D eigenvalue weighted by atomic mass is 9.57. The molecule has 3 heteroatoms. The van der Waals surface area contributed by atoms with E-state index in [4.69, 9.17) is 9.15 Å². The third kappa shape index (κ3) is 1.77. The van der Waals surface area contributed by atoms with Gasteiger partial charge in [0.25, 0.3) is 0 Å². The molecule has 3 aliphatic heterocycles. The second-order valence-corrected chi connectivity index (χ2v) is 8.22. The number of hydrogen-bond donors (Lipinski definition) is 0. The van der Waals surface area contributed by atoms with Crippen LogP contribution in [-0.4, -0.2) is 30.6 Å². The van der Waals surface area contributed by atoms with Crippen LogP contribution < -0.4 is 4.74 Å². The van der Waals surface area contributed by atoms with Gasteiger partial charge in [-0.1, -0.05) is 13.3 Å². The highest BCUT2D eigenvalue weighted by Gasteiger charge is 2.57. The largest absolute Gasteiger partial charge is 0.497 e. The normalized spacial score (nSPS) is 37.3. The zero-order valence-electron chi connectivity index (χ0n) is 15.0. The molecular formula is C21H27NO2. The van der Waals surface area contributed by atoms with E-state index >= 15 is 0 Å². The molecule has 4 heterocycles. The molecule has 3 fully saturated rings. The number of methoxy groups -OCH3 is 1. The molecule has 1 aromatic heterocycles. The second-order valence-electron chi connectivity index (χ2n) is 8.22. The van der Waals surface area contributed by atoms with Gasteiger partial charge in [0.1, 0.15) is 17.1 Å². The molecule has 24 heavy (non-hydrogen) atoms. The maximum absolute atomic E-state index is 6.48. The maximum Gasteiger partial charge on any atom is 0.134 e. The summed E-state index contributed by atoms with van der Waals surface area (Å²) in [6.07, 6.45) is 5.09. The summed E-state index contributed by atoms with van der Waals surface area (Å²) in [4.78, 5) is 2.80. The molecular weight excluding hydrogens is 298 g/mol. The molecule has 1 saturated carbocycles. The Kier molecular flexibility index (Phi) is 3.10. The van der Waals surface area contributed by atoms with Gasteiger partial charge in [-0.05, 0) is 56.2 Å². The Morgan fingerprint density at radius 1 is 1.33 bits per heavy atom. The third-order valence-electron chi connectivity index (χ3n) is 7.35. The van der Waals surface area contributed by atoms with Crippen LogP contribution in [0.25, 0.3) is 11.0 Å². The van der Waals surface area contributed by atoms with Crippen molar-refractivity contribution in [1.82, 2.24) is 4.90 Å². The first-order valence-electron chi connectivity index (χ1n) is 9.49. The van der Waals surface area contributed by atoms with Gasteiger partial charge < -0.3 is 9.15 Å². The molecule has 1 aliphatic carbocycles. The summed E-state index contributed by atoms with van der Waals surface area (Å²) in [6, 6.07) is 6.27. The van der Waals surface area contributed by atoms with Crippen LogP contribution in [0.4, 0.5) is 0 Å². The minimum Gasteiger partial charge on any atom is -0.497 e. The molecule has 1 aromatic carbocycles. The lowest BCUT2D eigenvalue weighted by Gasteiger charge is -2.60. The Hall–Kier alpha value is -1.48. The molecule has 4 bridgehead atoms. The minimum absolute atomic E-state index is 0.271. The average Bonchev–Trinajstić information content (AvgIpc) is 2.94. The molecule has 3 nitrogen and oxygen atoms in total. The van der Waals surface area contributed by atoms with Crippen LogP contribution in [0.3, 0.4) is 0 Å². The van der Waals surface area contributed by atoms with Gasteiger partial charge in [-0.2, -0.15) is 0 Å². The SMILES string of the molecule is CCC1CC2CC3c4oc5ccc(OC)cc5c4CCN(C2)C13C. The highest BCUT2D eigenvalue weighted by Crippen LogP contribution is 2.58. The van der Waals surface area contributed by atoms with E-state index in [0.717, 1.165) is 29.6 Å². The first-order valence-corrected chi connectivity index (χ1v) is 9.49. The van der Waals surface area contributed by atoms with Crippen molar-refractivity contribution in [3.8, 4) is 5.75 Å². The average molecular weight is 325 g/mol. The van der Waals surface area contributed by atoms with Crippen molar-refractivity contribution in [2.24, 2.45) is 11.8 Å². The van der Waals surface area contributed by atoms with Crippen LogP contribution in [-0.2, 0) is 6.42 Å². The van der Waals surface area contributed by atoms with E-state index < -0.39 is 0 Å². The smallest absolute Gasteiger partial charge is 0.134 e. The zero-order valence-corrected chi connectivity index (χ0v) is 15.0. The van der Waals surface area contributed by atoms with E-state index in [2.05, 4.69) is 30.9 Å². The van der Waals surface area contributed by atoms with Crippen molar-refractivity contribution in [1.29, 1.82) is 0 Å². The van der Waals surface area contributed by atoms with E-state index in [1.807, 2.05) is 6.07 Å². The van der Waals surface area contributed by atoms with Gasteiger partial charge in [0.2, 0.25) is 0 Å². The highest BCUT2D eigenvalue weighted by molar-refractivity contribution is 5.84. The molecule has 128 valence electrons. The predicted octanol–water partition coefficient (Wildman–Crippen LogP) is 4.59. The first kappa shape index (κ1) is 14.8. The van der Waals surface area contributed by atoms with Gasteiger partial charge in [-0.3, -0.25) is 4.90 Å². The second kappa shape index (κ2) is 5.01. The van der Waals surface area contributed by atoms with Gasteiger partial charge in [-0.15, -0.1) is 0 Å². The van der Waals surface area contributed by atoms with E-state index in [1.165, 1.54) is 49.1 Å². The predicted molar refractivity (Wildman–Crippen MR) is 95.7 cm³/mol. The standard InChI is InChI=1S/C21H27NO2/c1-4-14-9-13-10-18-20-16(7-8-22(12-13)21(14,18)2)17-11-15(23-3)5-6-19(17)24-20/h5-6,11,13-14,18H,4,7-10,12H2,1-3H3. The number of rotatable bonds is 2. The molecule has 0 radical (unpaired) electrons. The molecule has 2 aromatic rings. The quantitative estimate of drug-likeness (QED) is 0.807. The fourth-order valence-corrected chi connectivity index (χ4v) is 6.07. The van der Waals surface area contributed by atoms with Crippen molar-refractivity contribution in [3.05, 3.63) is 29.5 Å². The molecule has 0 spiro atoms. The van der Waals surface area contributed by atoms with Crippen LogP contribution in [0, 0.1) is 11.8 Å². The zero-order chi connectivity index (χ0) is 16.5. The van der Waals surface area contributed by atoms with Crippen molar-refractivity contribution < 1.29 is 9.15 Å². The first-order chi connectivity index (χ1) is 11.6. The van der Waals surface area contributed by atoms with Crippen LogP contribution in [0.15, 0.2) is 22.6 Å². The van der Waals surface area contributed by atoms with Gasteiger partial charge in [-0.25, -0.2) is 0 Å². The summed E-state index contributed by atoms with van der Waals surface area (Å²) in [7, 11) is 1.74. The number of nitrogens with zero attached hydrogens (tertiary/aromatic N) is 1. The fourth-order valence-electron chi connectivity index (χ4n) is 6.07. The number of ether oxygens (including phenoxy) is 1. The minimum atomic E-state index is 0.271. The summed E-state index contributed by atoms with van der Waals surface area (Å²) in [5.74, 6) is 4.40. The fraction of sp³-hybridized carbons (Fsp3) is 0.619. The van der Waals surface area contributed by atoms with E-state index in [0.29, 0.717) is 5.92 Å². The summed E-state index contributed by atoms with van der Waals surface area (Å²) < 4.78 is 11.9. The Morgan fingerprint density at radius 3 is 3.00 bits per heavy atom. The van der Waals surface area contributed by atoms with Crippen LogP contribution >= 0.6 is 0 Å². The molecule has 0 amide bonds. The van der Waals surface area contributed by atoms with Gasteiger partial charge in [0.15, 0.2) is 0 Å². The highest BCUT2D eigenvalue weighted by atomic mass is 16.5. The van der Waals surface area contributed by atoms with Crippen molar-refractivity contribution in [3.63, 3.8) is 0 Å². The van der Waals surface area contributed by atoms with E-state index in [-0.39, 0.29) is 5.54 Å². The van der Waals surface area contributed by atoms with E-state index in [1.54, 1.807) is 7.11 Å². The molecule has 5 unspecified atom stereocenters. The van der Waals surface area contributed by atoms with Gasteiger partial charge >= 0.3 is 0 Å². The van der Waals surface area contributed by atoms with Crippen LogP contribution in [0.5, 0.6) is 5.75 Å². The number of hydrogen-bond acceptors (Lipinski definition) is 3. The van der Waals surface area contributed by atoms with Crippen LogP contribution in [0.1, 0.15) is 50.4 Å². The number of furan rings is 1. The summed E-state index contributed by atoms with van der Waals surface area (Å²) in [6.45, 7) is 7.34. The Bertz CT molecular complexity index is 794. The Morgan fingerprint density at radius 2 is 2.21 bits per heavy atom. The number of piperidine rings is 2. The lowest BCUT2D eigenvalue weighted by Crippen LogP contribution is -2.64. The van der Waals surface area contributed by atoms with Crippen molar-refractivity contribution in [2.75, 3.05) is 20.2 Å². The summed E-state index contributed by atoms with van der Waals surface area (Å²) in [5, 5.41) is 1.27. The summed E-state index contributed by atoms with van der Waals surface area (Å²) >= 11 is 0. The van der Waals surface area contributed by atoms with Crippen molar-refractivity contribution in [2.45, 2.75) is 51.0 Å². The number of benzene rings is 1. The maximum atomic E-state index is 6.48. The molecule has 5 atom stereocenters. The van der Waals surface area contributed by atoms with E-state index in [9.17, 15) is 0 Å². The molecule has 2 saturated heterocycles. The van der Waals surface area contributed by atoms with Gasteiger partial charge in [0, 0.05) is 35.5 Å². The Labute approximate surface area is 144 Å². The lowest BCUT2D eigenvalue weighted by molar-refractivity contribution is -0.0877. The topological polar surface area (TPSA) is 25.6 Å². The molecule has 6 rings (SSSR count). The summed E-state index contributed by atoms with van der Waals surface area (Å²) in [5.41, 5.74) is 2.75. The molecule has 0 N–H and O–H groups in total. The monoisotopic (exact) mass is 325 g/mol. The third-order valence-corrected chi connectivity index (χ3v) is 7.35. The molecule has 4 aliphatic rings. The van der Waals surface area contributed by atoms with Crippen molar-refractivity contribution >= 4 is 11.0 Å². The number of fused-ring (bicyclic) bond motifs is 4. The van der Waals surface area contributed by atoms with Crippen LogP contribution in [0.2, 0.25) is 0 Å². The Balaban J connectivity index is 1.71. The van der Waals surface area contributed by atoms with Gasteiger partial charge in [0.05, 0.1) is 7.11 Å².